The van der Waals surface area contributed by atoms with Gasteiger partial charge >= 0.3 is 0 Å². The Bertz CT molecular complexity index is 1390. The first-order chi connectivity index (χ1) is 16.3. The number of hydrogen-bond donors (Lipinski definition) is 1. The highest BCUT2D eigenvalue weighted by Crippen LogP contribution is 2.30. The smallest absolute Gasteiger partial charge is 0.277 e. The summed E-state index contributed by atoms with van der Waals surface area (Å²) in [5.74, 6) is -2.98. The summed E-state index contributed by atoms with van der Waals surface area (Å²) in [6.07, 6.45) is 4.99. The Kier molecular flexibility index (Phi) is 7.42. The molecule has 8 nitrogen and oxygen atoms in total. The van der Waals surface area contributed by atoms with Crippen LogP contribution < -0.4 is 10.3 Å². The Morgan fingerprint density at radius 1 is 1.23 bits per heavy atom. The summed E-state index contributed by atoms with van der Waals surface area (Å²) in [4.78, 5) is 34.9. The SMILES string of the molecule is [B]C(O)(Oc1cc(C)n(-c2cc(C(=O)/C=C/N(C)C)ncc2C)c(=O)c1Cl)c1ncc(F)cc1F. The fourth-order valence-electron chi connectivity index (χ4n) is 3.14. The van der Waals surface area contributed by atoms with E-state index in [1.807, 2.05) is 0 Å². The van der Waals surface area contributed by atoms with E-state index in [0.717, 1.165) is 0 Å². The first-order valence-electron chi connectivity index (χ1n) is 10.1. The predicted octanol–water partition coefficient (Wildman–Crippen LogP) is 2.78. The van der Waals surface area contributed by atoms with Gasteiger partial charge in [-0.15, -0.1) is 0 Å². The summed E-state index contributed by atoms with van der Waals surface area (Å²) in [6, 6.07) is 3.20. The largest absolute Gasteiger partial charge is 0.465 e. The van der Waals surface area contributed by atoms with Crippen LogP contribution in [0.5, 0.6) is 5.75 Å². The highest BCUT2D eigenvalue weighted by Gasteiger charge is 2.32. The van der Waals surface area contributed by atoms with Crippen molar-refractivity contribution in [2.24, 2.45) is 0 Å². The second-order valence-electron chi connectivity index (χ2n) is 7.89. The van der Waals surface area contributed by atoms with Crippen molar-refractivity contribution >= 4 is 25.2 Å². The van der Waals surface area contributed by atoms with E-state index < -0.39 is 33.6 Å². The molecule has 3 heterocycles. The molecule has 35 heavy (non-hydrogen) atoms. The van der Waals surface area contributed by atoms with Gasteiger partial charge in [0.25, 0.3) is 5.56 Å². The summed E-state index contributed by atoms with van der Waals surface area (Å²) in [5.41, 5.74) is -3.14. The zero-order chi connectivity index (χ0) is 26.1. The number of hydrogen-bond acceptors (Lipinski definition) is 7. The van der Waals surface area contributed by atoms with Gasteiger partial charge in [-0.05, 0) is 25.5 Å². The van der Waals surface area contributed by atoms with Crippen LogP contribution >= 0.6 is 11.6 Å². The molecule has 0 saturated heterocycles. The van der Waals surface area contributed by atoms with Crippen LogP contribution in [0.1, 0.15) is 27.4 Å². The van der Waals surface area contributed by atoms with Crippen molar-refractivity contribution in [2.45, 2.75) is 19.5 Å². The third-order valence-electron chi connectivity index (χ3n) is 4.80. The zero-order valence-corrected chi connectivity index (χ0v) is 20.0. The second kappa shape index (κ2) is 9.97. The van der Waals surface area contributed by atoms with Crippen molar-refractivity contribution in [1.82, 2.24) is 19.4 Å². The lowest BCUT2D eigenvalue weighted by Crippen LogP contribution is -2.36. The number of ketones is 1. The van der Waals surface area contributed by atoms with Gasteiger partial charge in [0.05, 0.1) is 11.9 Å². The standard InChI is InChI=1S/C23H20BClF2N4O4/c1-12-10-28-16(18(32)5-6-30(3)4)9-17(12)31-13(2)7-19(20(25)22(31)33)35-23(24,34)21-15(27)8-14(26)11-29-21/h5-11,34H,1-4H3/b6-5+. The highest BCUT2D eigenvalue weighted by atomic mass is 35.5. The summed E-state index contributed by atoms with van der Waals surface area (Å²) in [5, 5.41) is 9.95. The number of allylic oxidation sites excluding steroid dienone is 1. The van der Waals surface area contributed by atoms with Gasteiger partial charge in [-0.1, -0.05) is 11.6 Å². The fraction of sp³-hybridized carbons (Fsp3) is 0.217. The molecule has 0 bridgehead atoms. The van der Waals surface area contributed by atoms with E-state index in [2.05, 4.69) is 9.97 Å². The Labute approximate surface area is 205 Å². The van der Waals surface area contributed by atoms with Crippen LogP contribution in [0.3, 0.4) is 0 Å². The van der Waals surface area contributed by atoms with Crippen molar-refractivity contribution in [3.63, 3.8) is 0 Å². The van der Waals surface area contributed by atoms with E-state index in [1.54, 1.807) is 39.0 Å². The molecule has 3 rings (SSSR count). The number of aromatic nitrogens is 3. The molecule has 3 aromatic rings. The molecule has 1 unspecified atom stereocenters. The number of halogens is 3. The summed E-state index contributed by atoms with van der Waals surface area (Å²) in [6.45, 7) is 3.24. The number of nitrogens with zero attached hydrogens (tertiary/aromatic N) is 4. The number of aryl methyl sites for hydroxylation is 2. The number of rotatable bonds is 7. The molecule has 0 spiro atoms. The summed E-state index contributed by atoms with van der Waals surface area (Å²) in [7, 11) is 9.17. The molecule has 0 amide bonds. The maximum Gasteiger partial charge on any atom is 0.277 e. The van der Waals surface area contributed by atoms with Gasteiger partial charge in [0, 0.05) is 50.4 Å². The summed E-state index contributed by atoms with van der Waals surface area (Å²) < 4.78 is 33.7. The van der Waals surface area contributed by atoms with E-state index in [9.17, 15) is 23.5 Å². The Balaban J connectivity index is 2.05. The van der Waals surface area contributed by atoms with E-state index in [0.29, 0.717) is 23.5 Å². The van der Waals surface area contributed by atoms with E-state index in [4.69, 9.17) is 24.2 Å². The molecule has 0 fully saturated rings. The number of carbonyl (C=O) groups is 1. The lowest BCUT2D eigenvalue weighted by molar-refractivity contribution is -0.0736. The molecule has 0 aliphatic heterocycles. The van der Waals surface area contributed by atoms with Crippen LogP contribution in [0.25, 0.3) is 5.69 Å². The zero-order valence-electron chi connectivity index (χ0n) is 19.2. The van der Waals surface area contributed by atoms with Gasteiger partial charge in [-0.3, -0.25) is 19.1 Å². The second-order valence-corrected chi connectivity index (χ2v) is 8.26. The molecule has 3 aromatic heterocycles. The van der Waals surface area contributed by atoms with Crippen LogP contribution in [0.2, 0.25) is 5.02 Å². The topological polar surface area (TPSA) is 97.5 Å². The monoisotopic (exact) mass is 500 g/mol. The van der Waals surface area contributed by atoms with Gasteiger partial charge in [-0.2, -0.15) is 0 Å². The minimum atomic E-state index is -2.86. The Morgan fingerprint density at radius 2 is 1.91 bits per heavy atom. The number of carbonyl (C=O) groups excluding carboxylic acids is 1. The van der Waals surface area contributed by atoms with Crippen LogP contribution in [0, 0.1) is 25.5 Å². The molecule has 2 radical (unpaired) electrons. The van der Waals surface area contributed by atoms with Gasteiger partial charge in [0.1, 0.15) is 28.0 Å². The van der Waals surface area contributed by atoms with Crippen molar-refractivity contribution in [2.75, 3.05) is 14.1 Å². The minimum Gasteiger partial charge on any atom is -0.465 e. The van der Waals surface area contributed by atoms with Gasteiger partial charge in [-0.25, -0.2) is 13.8 Å². The van der Waals surface area contributed by atoms with Crippen molar-refractivity contribution in [1.29, 1.82) is 0 Å². The molecule has 0 aliphatic carbocycles. The molecular weight excluding hydrogens is 481 g/mol. The van der Waals surface area contributed by atoms with Gasteiger partial charge in [0.15, 0.2) is 13.7 Å². The number of ether oxygens (including phenoxy) is 1. The van der Waals surface area contributed by atoms with Crippen molar-refractivity contribution in [3.05, 3.63) is 92.5 Å². The van der Waals surface area contributed by atoms with Crippen LogP contribution in [-0.2, 0) is 5.69 Å². The Morgan fingerprint density at radius 3 is 2.54 bits per heavy atom. The molecular formula is C23H20BClF2N4O4. The quantitative estimate of drug-likeness (QED) is 0.231. The van der Waals surface area contributed by atoms with Crippen molar-refractivity contribution in [3.8, 4) is 11.4 Å². The first kappa shape index (κ1) is 26.0. The fourth-order valence-corrected chi connectivity index (χ4v) is 3.32. The average Bonchev–Trinajstić information content (AvgIpc) is 2.76. The lowest BCUT2D eigenvalue weighted by atomic mass is 9.90. The summed E-state index contributed by atoms with van der Waals surface area (Å²) >= 11 is 6.22. The third kappa shape index (κ3) is 5.58. The van der Waals surface area contributed by atoms with E-state index >= 15 is 0 Å². The predicted molar refractivity (Wildman–Crippen MR) is 126 cm³/mol. The molecule has 1 atom stereocenters. The van der Waals surface area contributed by atoms with E-state index in [1.165, 1.54) is 29.0 Å². The molecule has 0 aromatic carbocycles. The molecule has 12 heteroatoms. The van der Waals surface area contributed by atoms with Crippen molar-refractivity contribution < 1.29 is 23.4 Å². The molecule has 0 aliphatic rings. The Hall–Kier alpha value is -3.57. The molecule has 180 valence electrons. The molecule has 0 saturated carbocycles. The van der Waals surface area contributed by atoms with Crippen LogP contribution in [0.4, 0.5) is 8.78 Å². The van der Waals surface area contributed by atoms with Gasteiger partial charge < -0.3 is 14.7 Å². The van der Waals surface area contributed by atoms with Crippen LogP contribution in [0.15, 0.2) is 47.7 Å². The molecule has 1 N–H and O–H groups in total. The maximum atomic E-state index is 14.1. The lowest BCUT2D eigenvalue weighted by Gasteiger charge is -2.26. The van der Waals surface area contributed by atoms with Crippen LogP contribution in [-0.4, -0.2) is 52.3 Å². The normalized spacial score (nSPS) is 13.0. The van der Waals surface area contributed by atoms with E-state index in [-0.39, 0.29) is 22.9 Å². The number of pyridine rings is 3. The third-order valence-corrected chi connectivity index (χ3v) is 5.15. The maximum absolute atomic E-state index is 14.1. The highest BCUT2D eigenvalue weighted by molar-refractivity contribution is 6.32. The first-order valence-corrected chi connectivity index (χ1v) is 10.5. The minimum absolute atomic E-state index is 0.0978. The number of aliphatic hydroxyl groups is 1. The average molecular weight is 501 g/mol. The van der Waals surface area contributed by atoms with Gasteiger partial charge in [0.2, 0.25) is 11.5 Å².